The van der Waals surface area contributed by atoms with Crippen LogP contribution in [0.15, 0.2) is 58.6 Å². The first-order valence-corrected chi connectivity index (χ1v) is 6.94. The van der Waals surface area contributed by atoms with Crippen LogP contribution in [0.3, 0.4) is 0 Å². The van der Waals surface area contributed by atoms with Crippen LogP contribution in [-0.4, -0.2) is 27.6 Å². The first-order valence-electron chi connectivity index (χ1n) is 6.15. The molecule has 2 atom stereocenters. The van der Waals surface area contributed by atoms with Gasteiger partial charge in [0.1, 0.15) is 15.8 Å². The van der Waals surface area contributed by atoms with Gasteiger partial charge in [0.25, 0.3) is 5.70 Å². The van der Waals surface area contributed by atoms with Crippen LogP contribution >= 0.6 is 15.9 Å². The molecule has 0 saturated heterocycles. The number of allylic oxidation sites excluding steroid dienone is 2. The minimum atomic E-state index is -1.10. The zero-order valence-electron chi connectivity index (χ0n) is 11.2. The van der Waals surface area contributed by atoms with Gasteiger partial charge >= 0.3 is 0 Å². The Hall–Kier alpha value is -1.86. The van der Waals surface area contributed by atoms with Crippen molar-refractivity contribution in [2.45, 2.75) is 16.8 Å². The van der Waals surface area contributed by atoms with Crippen LogP contribution < -0.4 is 0 Å². The third kappa shape index (κ3) is 3.62. The van der Waals surface area contributed by atoms with Crippen molar-refractivity contribution >= 4 is 15.9 Å². The second kappa shape index (κ2) is 6.28. The van der Waals surface area contributed by atoms with Gasteiger partial charge in [0, 0.05) is 6.08 Å². The number of rotatable bonds is 5. The van der Waals surface area contributed by atoms with Crippen LogP contribution in [0.4, 0.5) is 0 Å². The topological polar surface area (TPSA) is 85.7 Å². The lowest BCUT2D eigenvalue weighted by atomic mass is 9.94. The van der Waals surface area contributed by atoms with Crippen molar-refractivity contribution in [1.82, 2.24) is 0 Å². The number of furan rings is 1. The van der Waals surface area contributed by atoms with E-state index in [-0.39, 0.29) is 12.1 Å². The largest absolute Gasteiger partial charge is 0.497 e. The summed E-state index contributed by atoms with van der Waals surface area (Å²) in [7, 11) is 1.49. The zero-order chi connectivity index (χ0) is 15.5. The van der Waals surface area contributed by atoms with Gasteiger partial charge in [0.2, 0.25) is 0 Å². The molecule has 0 aliphatic heterocycles. The molecule has 1 aliphatic carbocycles. The first-order chi connectivity index (χ1) is 9.94. The minimum absolute atomic E-state index is 0.0277. The fraction of sp³-hybridized carbons (Fsp3) is 0.286. The molecule has 0 aromatic carbocycles. The second-order valence-electron chi connectivity index (χ2n) is 4.53. The standard InChI is InChI=1S/C14H14BrNO5/c1-20-12-4-5-13(17)14(15,9-12)8-10(16(18)19)7-11-3-2-6-21-11/h2-6,8-9,13,17H,7H2,1H3. The van der Waals surface area contributed by atoms with Crippen molar-refractivity contribution in [2.75, 3.05) is 7.11 Å². The van der Waals surface area contributed by atoms with E-state index in [2.05, 4.69) is 15.9 Å². The summed E-state index contributed by atoms with van der Waals surface area (Å²) in [4.78, 5) is 10.7. The molecular formula is C14H14BrNO5. The summed E-state index contributed by atoms with van der Waals surface area (Å²) in [6.45, 7) is 0. The molecule has 2 unspecified atom stereocenters. The summed E-state index contributed by atoms with van der Waals surface area (Å²) in [6, 6.07) is 3.32. The van der Waals surface area contributed by atoms with Gasteiger partial charge in [-0.25, -0.2) is 0 Å². The molecule has 0 spiro atoms. The van der Waals surface area contributed by atoms with Crippen molar-refractivity contribution < 1.29 is 19.2 Å². The number of methoxy groups -OCH3 is 1. The number of hydrogen-bond donors (Lipinski definition) is 1. The maximum Gasteiger partial charge on any atom is 0.251 e. The quantitative estimate of drug-likeness (QED) is 0.498. The normalized spacial score (nSPS) is 25.6. The highest BCUT2D eigenvalue weighted by molar-refractivity contribution is 9.10. The number of nitrogens with zero attached hydrogens (tertiary/aromatic N) is 1. The SMILES string of the molecule is COC1=CC(Br)(C=C(Cc2ccco2)[N+](=O)[O-])C(O)C=C1. The van der Waals surface area contributed by atoms with E-state index in [4.69, 9.17) is 9.15 Å². The number of aliphatic hydroxyl groups is 1. The van der Waals surface area contributed by atoms with Crippen LogP contribution in [-0.2, 0) is 11.2 Å². The Bertz CT molecular complexity index is 605. The smallest absolute Gasteiger partial charge is 0.251 e. The van der Waals surface area contributed by atoms with E-state index in [1.54, 1.807) is 24.3 Å². The number of ether oxygens (including phenoxy) is 1. The van der Waals surface area contributed by atoms with E-state index < -0.39 is 15.4 Å². The molecule has 1 aliphatic rings. The molecule has 7 heteroatoms. The third-order valence-electron chi connectivity index (χ3n) is 3.05. The highest BCUT2D eigenvalue weighted by Gasteiger charge is 2.35. The number of aliphatic hydroxyl groups excluding tert-OH is 1. The number of nitro groups is 1. The van der Waals surface area contributed by atoms with Gasteiger partial charge in [0.05, 0.1) is 30.8 Å². The van der Waals surface area contributed by atoms with E-state index in [1.165, 1.54) is 25.5 Å². The van der Waals surface area contributed by atoms with Crippen molar-refractivity contribution in [3.63, 3.8) is 0 Å². The molecule has 0 saturated carbocycles. The van der Waals surface area contributed by atoms with Crippen LogP contribution in [0.1, 0.15) is 5.76 Å². The average Bonchev–Trinajstić information content (AvgIpc) is 2.94. The first kappa shape index (κ1) is 15.5. The molecule has 21 heavy (non-hydrogen) atoms. The summed E-state index contributed by atoms with van der Waals surface area (Å²) < 4.78 is 9.13. The van der Waals surface area contributed by atoms with E-state index >= 15 is 0 Å². The fourth-order valence-corrected chi connectivity index (χ4v) is 2.60. The average molecular weight is 356 g/mol. The molecule has 0 radical (unpaired) electrons. The Morgan fingerprint density at radius 1 is 1.71 bits per heavy atom. The molecule has 1 aromatic rings. The van der Waals surface area contributed by atoms with Gasteiger partial charge in [-0.1, -0.05) is 22.0 Å². The van der Waals surface area contributed by atoms with Crippen molar-refractivity contribution in [1.29, 1.82) is 0 Å². The molecule has 1 heterocycles. The molecule has 0 amide bonds. The number of hydrogen-bond acceptors (Lipinski definition) is 5. The van der Waals surface area contributed by atoms with E-state index in [1.807, 2.05) is 0 Å². The van der Waals surface area contributed by atoms with Crippen molar-refractivity contribution in [3.05, 3.63) is 70.0 Å². The monoisotopic (exact) mass is 355 g/mol. The molecule has 0 bridgehead atoms. The number of halogens is 1. The molecular weight excluding hydrogens is 342 g/mol. The zero-order valence-corrected chi connectivity index (χ0v) is 12.8. The van der Waals surface area contributed by atoms with E-state index in [0.29, 0.717) is 11.5 Å². The van der Waals surface area contributed by atoms with Crippen LogP contribution in [0.2, 0.25) is 0 Å². The number of alkyl halides is 1. The Balaban J connectivity index is 2.34. The van der Waals surface area contributed by atoms with Gasteiger partial charge in [-0.3, -0.25) is 10.1 Å². The van der Waals surface area contributed by atoms with Gasteiger partial charge in [-0.2, -0.15) is 0 Å². The third-order valence-corrected chi connectivity index (χ3v) is 3.98. The van der Waals surface area contributed by atoms with Crippen LogP contribution in [0, 0.1) is 10.1 Å². The van der Waals surface area contributed by atoms with Crippen LogP contribution in [0.5, 0.6) is 0 Å². The summed E-state index contributed by atoms with van der Waals surface area (Å²) in [5.74, 6) is 0.986. The molecule has 6 nitrogen and oxygen atoms in total. The lowest BCUT2D eigenvalue weighted by molar-refractivity contribution is -0.427. The maximum atomic E-state index is 11.2. The van der Waals surface area contributed by atoms with Gasteiger partial charge < -0.3 is 14.3 Å². The molecule has 1 N–H and O–H groups in total. The van der Waals surface area contributed by atoms with Gasteiger partial charge in [-0.15, -0.1) is 0 Å². The van der Waals surface area contributed by atoms with Crippen LogP contribution in [0.25, 0.3) is 0 Å². The van der Waals surface area contributed by atoms with E-state index in [9.17, 15) is 15.2 Å². The molecule has 0 fully saturated rings. The maximum absolute atomic E-state index is 11.2. The molecule has 2 rings (SSSR count). The second-order valence-corrected chi connectivity index (χ2v) is 5.90. The summed E-state index contributed by atoms with van der Waals surface area (Å²) in [5, 5.41) is 21.3. The molecule has 1 aromatic heterocycles. The van der Waals surface area contributed by atoms with Crippen molar-refractivity contribution in [2.24, 2.45) is 0 Å². The summed E-state index contributed by atoms with van der Waals surface area (Å²) in [6.07, 6.45) is 6.61. The lowest BCUT2D eigenvalue weighted by Crippen LogP contribution is -2.34. The molecule has 112 valence electrons. The Morgan fingerprint density at radius 2 is 2.48 bits per heavy atom. The van der Waals surface area contributed by atoms with E-state index in [0.717, 1.165) is 0 Å². The lowest BCUT2D eigenvalue weighted by Gasteiger charge is -2.27. The summed E-state index contributed by atoms with van der Waals surface area (Å²) >= 11 is 3.35. The highest BCUT2D eigenvalue weighted by Crippen LogP contribution is 2.34. The highest BCUT2D eigenvalue weighted by atomic mass is 79.9. The predicted molar refractivity (Wildman–Crippen MR) is 79.4 cm³/mol. The van der Waals surface area contributed by atoms with Gasteiger partial charge in [-0.05, 0) is 24.3 Å². The Morgan fingerprint density at radius 3 is 3.05 bits per heavy atom. The minimum Gasteiger partial charge on any atom is -0.497 e. The Labute approximate surface area is 129 Å². The van der Waals surface area contributed by atoms with Crippen molar-refractivity contribution in [3.8, 4) is 0 Å². The van der Waals surface area contributed by atoms with Gasteiger partial charge in [0.15, 0.2) is 0 Å². The Kier molecular flexibility index (Phi) is 4.64. The predicted octanol–water partition coefficient (Wildman–Crippen LogP) is 2.58. The summed E-state index contributed by atoms with van der Waals surface area (Å²) in [5.41, 5.74) is -0.0807. The fourth-order valence-electron chi connectivity index (χ4n) is 1.95.